The van der Waals surface area contributed by atoms with Gasteiger partial charge in [0.1, 0.15) is 12.2 Å². The molecule has 0 radical (unpaired) electrons. The van der Waals surface area contributed by atoms with Gasteiger partial charge in [-0.05, 0) is 62.4 Å². The number of H-pyrrole nitrogens is 1. The Morgan fingerprint density at radius 1 is 1.22 bits per heavy atom. The fourth-order valence-electron chi connectivity index (χ4n) is 3.95. The van der Waals surface area contributed by atoms with Gasteiger partial charge in [0.2, 0.25) is 0 Å². The van der Waals surface area contributed by atoms with Crippen LogP contribution < -0.4 is 10.6 Å². The second-order valence-corrected chi connectivity index (χ2v) is 9.26. The molecule has 4 N–H and O–H groups in total. The maximum atomic E-state index is 14.3. The maximum Gasteiger partial charge on any atom is 0.255 e. The number of nitrogens with zero attached hydrogens (tertiary/aromatic N) is 4. The Kier molecular flexibility index (Phi) is 6.07. The molecule has 37 heavy (non-hydrogen) atoms. The smallest absolute Gasteiger partial charge is 0.255 e. The monoisotopic (exact) mass is 497 g/mol. The van der Waals surface area contributed by atoms with Gasteiger partial charge in [0.15, 0.2) is 0 Å². The number of fused-ring (bicyclic) bond motifs is 2. The molecule has 0 saturated carbocycles. The lowest BCUT2D eigenvalue weighted by Crippen LogP contribution is -2.42. The lowest BCUT2D eigenvalue weighted by Gasteiger charge is -2.22. The Morgan fingerprint density at radius 3 is 2.84 bits per heavy atom. The second-order valence-electron chi connectivity index (χ2n) is 9.26. The van der Waals surface area contributed by atoms with E-state index in [2.05, 4.69) is 31.8 Å². The number of hydrogen-bond acceptors (Lipinski definition) is 6. The largest absolute Gasteiger partial charge is 0.387 e. The molecule has 0 saturated heterocycles. The number of halogens is 1. The van der Waals surface area contributed by atoms with E-state index in [0.29, 0.717) is 22.6 Å². The van der Waals surface area contributed by atoms with Gasteiger partial charge in [-0.25, -0.2) is 8.91 Å². The van der Waals surface area contributed by atoms with Crippen LogP contribution in [-0.4, -0.2) is 48.9 Å². The SMILES string of the molecule is CC(C)(O)C(F)CNC(=O)c1cnc(-c2ccc3cc(C#N)cnn23)cc1Nc1ccc2[nH]ccc2c1. The van der Waals surface area contributed by atoms with Crippen LogP contribution in [0.15, 0.2) is 67.1 Å². The molecule has 0 aliphatic carbocycles. The third-order valence-corrected chi connectivity index (χ3v) is 6.08. The topological polar surface area (TPSA) is 131 Å². The lowest BCUT2D eigenvalue weighted by molar-refractivity contribution is -0.00177. The van der Waals surface area contributed by atoms with E-state index in [1.807, 2.05) is 42.6 Å². The van der Waals surface area contributed by atoms with Gasteiger partial charge in [-0.2, -0.15) is 10.4 Å². The summed E-state index contributed by atoms with van der Waals surface area (Å²) in [6.07, 6.45) is 3.09. The average molecular weight is 498 g/mol. The van der Waals surface area contributed by atoms with Crippen LogP contribution in [0, 0.1) is 11.3 Å². The number of amides is 1. The summed E-state index contributed by atoms with van der Waals surface area (Å²) < 4.78 is 15.9. The number of anilines is 2. The maximum absolute atomic E-state index is 14.3. The summed E-state index contributed by atoms with van der Waals surface area (Å²) in [5.74, 6) is -0.534. The molecule has 186 valence electrons. The molecule has 0 fully saturated rings. The van der Waals surface area contributed by atoms with Crippen LogP contribution in [0.1, 0.15) is 29.8 Å². The van der Waals surface area contributed by atoms with Crippen LogP contribution in [0.5, 0.6) is 0 Å². The Bertz CT molecular complexity index is 1660. The van der Waals surface area contributed by atoms with Gasteiger partial charge in [-0.1, -0.05) is 0 Å². The van der Waals surface area contributed by atoms with Crippen molar-refractivity contribution in [2.75, 3.05) is 11.9 Å². The molecule has 0 spiro atoms. The Balaban J connectivity index is 1.52. The van der Waals surface area contributed by atoms with E-state index >= 15 is 0 Å². The predicted octanol–water partition coefficient (Wildman–Crippen LogP) is 4.33. The molecule has 5 rings (SSSR count). The van der Waals surface area contributed by atoms with Crippen LogP contribution >= 0.6 is 0 Å². The second kappa shape index (κ2) is 9.37. The molecule has 4 aromatic heterocycles. The fourth-order valence-corrected chi connectivity index (χ4v) is 3.95. The van der Waals surface area contributed by atoms with Crippen LogP contribution in [-0.2, 0) is 0 Å². The van der Waals surface area contributed by atoms with Crippen LogP contribution in [0.2, 0.25) is 0 Å². The molecule has 4 heterocycles. The first-order valence-electron chi connectivity index (χ1n) is 11.6. The molecule has 9 nitrogen and oxygen atoms in total. The normalized spacial score (nSPS) is 12.4. The molecular formula is C27H24FN7O2. The van der Waals surface area contributed by atoms with E-state index in [4.69, 9.17) is 5.26 Å². The highest BCUT2D eigenvalue weighted by atomic mass is 19.1. The summed E-state index contributed by atoms with van der Waals surface area (Å²) in [6, 6.07) is 16.9. The average Bonchev–Trinajstić information content (AvgIpc) is 3.52. The first kappa shape index (κ1) is 24.0. The standard InChI is InChI=1S/C27H24FN7O2/c1-27(2,37)25(28)15-32-26(36)20-14-31-23(24-6-4-19-9-16(12-29)13-33-35(19)24)11-22(20)34-18-3-5-21-17(10-18)7-8-30-21/h3-11,13-14,25,30,37H,15H2,1-2H3,(H,31,34)(H,32,36). The van der Waals surface area contributed by atoms with Crippen molar-refractivity contribution in [2.24, 2.45) is 0 Å². The summed E-state index contributed by atoms with van der Waals surface area (Å²) in [5, 5.41) is 30.2. The Labute approximate surface area is 211 Å². The zero-order valence-electron chi connectivity index (χ0n) is 20.2. The van der Waals surface area contributed by atoms with Crippen molar-refractivity contribution in [3.05, 3.63) is 78.2 Å². The van der Waals surface area contributed by atoms with Crippen molar-refractivity contribution >= 4 is 33.7 Å². The number of carbonyl (C=O) groups excluding carboxylic acids is 1. The number of benzene rings is 1. The van der Waals surface area contributed by atoms with Crippen molar-refractivity contribution in [3.63, 3.8) is 0 Å². The molecule has 10 heteroatoms. The van der Waals surface area contributed by atoms with E-state index < -0.39 is 17.7 Å². The number of pyridine rings is 1. The van der Waals surface area contributed by atoms with Crippen LogP contribution in [0.3, 0.4) is 0 Å². The molecule has 0 aliphatic heterocycles. The molecule has 0 aliphatic rings. The van der Waals surface area contributed by atoms with Gasteiger partial charge in [-0.3, -0.25) is 9.78 Å². The van der Waals surface area contributed by atoms with E-state index in [0.717, 1.165) is 22.1 Å². The number of aromatic nitrogens is 4. The highest BCUT2D eigenvalue weighted by molar-refractivity contribution is 6.01. The lowest BCUT2D eigenvalue weighted by atomic mass is 10.0. The molecule has 5 aromatic rings. The number of aromatic amines is 1. The summed E-state index contributed by atoms with van der Waals surface area (Å²) in [6.45, 7) is 2.34. The number of aliphatic hydroxyl groups is 1. The first-order chi connectivity index (χ1) is 17.7. The number of carbonyl (C=O) groups is 1. The quantitative estimate of drug-likeness (QED) is 0.265. The van der Waals surface area contributed by atoms with Crippen LogP contribution in [0.25, 0.3) is 27.8 Å². The minimum absolute atomic E-state index is 0.210. The van der Waals surface area contributed by atoms with Crippen LogP contribution in [0.4, 0.5) is 15.8 Å². The fraction of sp³-hybridized carbons (Fsp3) is 0.185. The third kappa shape index (κ3) is 4.85. The van der Waals surface area contributed by atoms with Crippen molar-refractivity contribution in [2.45, 2.75) is 25.6 Å². The van der Waals surface area contributed by atoms with Gasteiger partial charge in [0, 0.05) is 29.0 Å². The summed E-state index contributed by atoms with van der Waals surface area (Å²) in [5.41, 5.74) is 3.18. The highest BCUT2D eigenvalue weighted by Crippen LogP contribution is 2.29. The molecule has 1 unspecified atom stereocenters. The number of nitriles is 1. The van der Waals surface area contributed by atoms with Crippen molar-refractivity contribution < 1.29 is 14.3 Å². The predicted molar refractivity (Wildman–Crippen MR) is 138 cm³/mol. The van der Waals surface area contributed by atoms with Gasteiger partial charge in [-0.15, -0.1) is 0 Å². The highest BCUT2D eigenvalue weighted by Gasteiger charge is 2.27. The zero-order chi connectivity index (χ0) is 26.2. The van der Waals surface area contributed by atoms with Gasteiger partial charge >= 0.3 is 0 Å². The summed E-state index contributed by atoms with van der Waals surface area (Å²) in [4.78, 5) is 20.7. The molecule has 1 aromatic carbocycles. The molecule has 1 amide bonds. The first-order valence-corrected chi connectivity index (χ1v) is 11.6. The summed E-state index contributed by atoms with van der Waals surface area (Å²) >= 11 is 0. The number of rotatable bonds is 7. The van der Waals surface area contributed by atoms with Crippen molar-refractivity contribution in [3.8, 4) is 17.5 Å². The van der Waals surface area contributed by atoms with E-state index in [-0.39, 0.29) is 12.1 Å². The number of alkyl halides is 1. The minimum Gasteiger partial charge on any atom is -0.387 e. The van der Waals surface area contributed by atoms with Gasteiger partial charge < -0.3 is 20.7 Å². The number of nitrogens with one attached hydrogen (secondary N) is 3. The molecule has 1 atom stereocenters. The Morgan fingerprint density at radius 2 is 2.05 bits per heavy atom. The van der Waals surface area contributed by atoms with Crippen molar-refractivity contribution in [1.82, 2.24) is 24.9 Å². The summed E-state index contributed by atoms with van der Waals surface area (Å²) in [7, 11) is 0. The number of hydrogen-bond donors (Lipinski definition) is 4. The van der Waals surface area contributed by atoms with Crippen molar-refractivity contribution in [1.29, 1.82) is 5.26 Å². The van der Waals surface area contributed by atoms with E-state index in [9.17, 15) is 14.3 Å². The third-order valence-electron chi connectivity index (χ3n) is 6.08. The van der Waals surface area contributed by atoms with Gasteiger partial charge in [0.05, 0.1) is 52.1 Å². The van der Waals surface area contributed by atoms with E-state index in [1.54, 1.807) is 16.6 Å². The molecular weight excluding hydrogens is 473 g/mol. The van der Waals surface area contributed by atoms with E-state index in [1.165, 1.54) is 26.2 Å². The minimum atomic E-state index is -1.65. The molecule has 0 bridgehead atoms. The zero-order valence-corrected chi connectivity index (χ0v) is 20.2. The Hall–Kier alpha value is -4.75. The van der Waals surface area contributed by atoms with Gasteiger partial charge in [0.25, 0.3) is 5.91 Å².